The summed E-state index contributed by atoms with van der Waals surface area (Å²) in [5, 5.41) is 0. The highest BCUT2D eigenvalue weighted by molar-refractivity contribution is 7.92. The Morgan fingerprint density at radius 1 is 0.833 bits per heavy atom. The largest absolute Gasteiger partial charge is 0.454 e. The van der Waals surface area contributed by atoms with Crippen LogP contribution in [0, 0.1) is 0 Å². The number of carbonyl (C=O) groups excluding carboxylic acids is 2. The van der Waals surface area contributed by atoms with Gasteiger partial charge >= 0.3 is 5.97 Å². The molecule has 0 aliphatic heterocycles. The standard InChI is InChI=1S/C23H21NO5S/c1-2-24(20-13-7-4-8-14-20)30(27,28)21-15-9-12-19(16-21)23(26)29-17-22(25)18-10-5-3-6-11-18/h3-16H,2,17H2,1H3. The van der Waals surface area contributed by atoms with Crippen molar-refractivity contribution in [3.05, 3.63) is 96.1 Å². The molecule has 154 valence electrons. The van der Waals surface area contributed by atoms with Crippen LogP contribution in [0.15, 0.2) is 89.8 Å². The lowest BCUT2D eigenvalue weighted by molar-refractivity contribution is 0.0474. The minimum Gasteiger partial charge on any atom is -0.454 e. The third kappa shape index (κ3) is 4.75. The molecule has 0 aromatic heterocycles. The molecule has 0 saturated heterocycles. The monoisotopic (exact) mass is 423 g/mol. The van der Waals surface area contributed by atoms with Crippen LogP contribution in [-0.2, 0) is 14.8 Å². The van der Waals surface area contributed by atoms with Gasteiger partial charge in [0.2, 0.25) is 0 Å². The molecule has 30 heavy (non-hydrogen) atoms. The van der Waals surface area contributed by atoms with E-state index >= 15 is 0 Å². The summed E-state index contributed by atoms with van der Waals surface area (Å²) in [6.45, 7) is 1.54. The number of benzene rings is 3. The van der Waals surface area contributed by atoms with Gasteiger partial charge in [-0.25, -0.2) is 13.2 Å². The Labute approximate surface area is 175 Å². The average molecular weight is 423 g/mol. The molecule has 6 nitrogen and oxygen atoms in total. The van der Waals surface area contributed by atoms with Crippen LogP contribution in [0.2, 0.25) is 0 Å². The topological polar surface area (TPSA) is 80.8 Å². The zero-order chi connectivity index (χ0) is 21.6. The van der Waals surface area contributed by atoms with Crippen molar-refractivity contribution < 1.29 is 22.7 Å². The number of ether oxygens (including phenoxy) is 1. The molecule has 0 radical (unpaired) electrons. The molecule has 0 fully saturated rings. The number of esters is 1. The van der Waals surface area contributed by atoms with Crippen molar-refractivity contribution in [1.82, 2.24) is 0 Å². The second-order valence-electron chi connectivity index (χ2n) is 6.40. The second-order valence-corrected chi connectivity index (χ2v) is 8.26. The van der Waals surface area contributed by atoms with Crippen LogP contribution in [0.4, 0.5) is 5.69 Å². The van der Waals surface area contributed by atoms with Crippen LogP contribution in [0.3, 0.4) is 0 Å². The van der Waals surface area contributed by atoms with Crippen LogP contribution in [0.1, 0.15) is 27.6 Å². The van der Waals surface area contributed by atoms with Gasteiger partial charge < -0.3 is 4.74 Å². The van der Waals surface area contributed by atoms with Gasteiger partial charge in [-0.2, -0.15) is 0 Å². The van der Waals surface area contributed by atoms with Crippen molar-refractivity contribution in [1.29, 1.82) is 0 Å². The first-order chi connectivity index (χ1) is 14.4. The second kappa shape index (κ2) is 9.37. The van der Waals surface area contributed by atoms with Crippen molar-refractivity contribution in [2.75, 3.05) is 17.5 Å². The highest BCUT2D eigenvalue weighted by atomic mass is 32.2. The van der Waals surface area contributed by atoms with E-state index in [9.17, 15) is 18.0 Å². The molecule has 0 unspecified atom stereocenters. The normalized spacial score (nSPS) is 11.0. The maximum atomic E-state index is 13.1. The molecule has 7 heteroatoms. The first kappa shape index (κ1) is 21.3. The molecule has 0 atom stereocenters. The Morgan fingerprint density at radius 2 is 1.43 bits per heavy atom. The molecular formula is C23H21NO5S. The smallest absolute Gasteiger partial charge is 0.338 e. The number of hydrogen-bond acceptors (Lipinski definition) is 5. The van der Waals surface area contributed by atoms with Gasteiger partial charge in [-0.1, -0.05) is 54.6 Å². The summed E-state index contributed by atoms with van der Waals surface area (Å²) in [6, 6.07) is 22.8. The number of nitrogens with zero attached hydrogens (tertiary/aromatic N) is 1. The molecule has 3 aromatic carbocycles. The number of anilines is 1. The molecule has 0 spiro atoms. The molecule has 0 aliphatic rings. The van der Waals surface area contributed by atoms with Crippen LogP contribution in [0.5, 0.6) is 0 Å². The van der Waals surface area contributed by atoms with Gasteiger partial charge in [0.05, 0.1) is 16.1 Å². The number of para-hydroxylation sites is 1. The SMILES string of the molecule is CCN(c1ccccc1)S(=O)(=O)c1cccc(C(=O)OCC(=O)c2ccccc2)c1. The molecule has 3 aromatic rings. The predicted octanol–water partition coefficient (Wildman–Crippen LogP) is 3.94. The Bertz CT molecular complexity index is 1130. The first-order valence-electron chi connectivity index (χ1n) is 9.36. The van der Waals surface area contributed by atoms with E-state index in [0.29, 0.717) is 11.3 Å². The molecule has 3 rings (SSSR count). The number of rotatable bonds is 8. The summed E-state index contributed by atoms with van der Waals surface area (Å²) in [5.41, 5.74) is 1.02. The zero-order valence-electron chi connectivity index (χ0n) is 16.4. The lowest BCUT2D eigenvalue weighted by atomic mass is 10.1. The van der Waals surface area contributed by atoms with Gasteiger partial charge in [-0.15, -0.1) is 0 Å². The number of sulfonamides is 1. The lowest BCUT2D eigenvalue weighted by Gasteiger charge is -2.23. The Kier molecular flexibility index (Phi) is 6.64. The fourth-order valence-corrected chi connectivity index (χ4v) is 4.44. The van der Waals surface area contributed by atoms with E-state index in [1.807, 2.05) is 0 Å². The fraction of sp³-hybridized carbons (Fsp3) is 0.130. The molecule has 0 aliphatic carbocycles. The maximum absolute atomic E-state index is 13.1. The van der Waals surface area contributed by atoms with E-state index < -0.39 is 22.6 Å². The van der Waals surface area contributed by atoms with E-state index in [4.69, 9.17) is 4.74 Å². The minimum absolute atomic E-state index is 0.0305. The van der Waals surface area contributed by atoms with E-state index in [0.717, 1.165) is 0 Å². The highest BCUT2D eigenvalue weighted by Crippen LogP contribution is 2.24. The van der Waals surface area contributed by atoms with Gasteiger partial charge in [0.15, 0.2) is 12.4 Å². The van der Waals surface area contributed by atoms with Gasteiger partial charge in [-0.05, 0) is 37.3 Å². The highest BCUT2D eigenvalue weighted by Gasteiger charge is 2.24. The van der Waals surface area contributed by atoms with E-state index in [-0.39, 0.29) is 22.8 Å². The van der Waals surface area contributed by atoms with Crippen molar-refractivity contribution in [2.45, 2.75) is 11.8 Å². The van der Waals surface area contributed by atoms with Gasteiger partial charge in [0.1, 0.15) is 0 Å². The van der Waals surface area contributed by atoms with E-state index in [1.165, 1.54) is 28.6 Å². The van der Waals surface area contributed by atoms with E-state index in [2.05, 4.69) is 0 Å². The van der Waals surface area contributed by atoms with Crippen molar-refractivity contribution >= 4 is 27.5 Å². The van der Waals surface area contributed by atoms with Gasteiger partial charge in [0, 0.05) is 12.1 Å². The van der Waals surface area contributed by atoms with Crippen molar-refractivity contribution in [3.63, 3.8) is 0 Å². The number of Topliss-reactive ketones (excluding diaryl/α,β-unsaturated/α-hetero) is 1. The summed E-state index contributed by atoms with van der Waals surface area (Å²) in [4.78, 5) is 24.5. The summed E-state index contributed by atoms with van der Waals surface area (Å²) in [7, 11) is -3.88. The van der Waals surface area contributed by atoms with Crippen molar-refractivity contribution in [3.8, 4) is 0 Å². The average Bonchev–Trinajstić information content (AvgIpc) is 2.79. The molecular weight excluding hydrogens is 402 g/mol. The quantitative estimate of drug-likeness (QED) is 0.405. The molecule has 0 N–H and O–H groups in total. The first-order valence-corrected chi connectivity index (χ1v) is 10.8. The van der Waals surface area contributed by atoms with E-state index in [1.54, 1.807) is 67.6 Å². The van der Waals surface area contributed by atoms with Gasteiger partial charge in [0.25, 0.3) is 10.0 Å². The lowest BCUT2D eigenvalue weighted by Crippen LogP contribution is -2.30. The summed E-state index contributed by atoms with van der Waals surface area (Å²) < 4.78 is 32.6. The predicted molar refractivity (Wildman–Crippen MR) is 114 cm³/mol. The number of ketones is 1. The molecule has 0 amide bonds. The molecule has 0 bridgehead atoms. The zero-order valence-corrected chi connectivity index (χ0v) is 17.2. The summed E-state index contributed by atoms with van der Waals surface area (Å²) >= 11 is 0. The minimum atomic E-state index is -3.88. The van der Waals surface area contributed by atoms with Crippen LogP contribution < -0.4 is 4.31 Å². The Hall–Kier alpha value is -3.45. The number of hydrogen-bond donors (Lipinski definition) is 0. The van der Waals surface area contributed by atoms with Crippen LogP contribution >= 0.6 is 0 Å². The Balaban J connectivity index is 1.78. The third-order valence-electron chi connectivity index (χ3n) is 4.42. The van der Waals surface area contributed by atoms with Gasteiger partial charge in [-0.3, -0.25) is 9.10 Å². The molecule has 0 saturated carbocycles. The fourth-order valence-electron chi connectivity index (χ4n) is 2.92. The van der Waals surface area contributed by atoms with Crippen LogP contribution in [0.25, 0.3) is 0 Å². The Morgan fingerprint density at radius 3 is 2.07 bits per heavy atom. The number of carbonyl (C=O) groups is 2. The summed E-state index contributed by atoms with van der Waals surface area (Å²) in [6.07, 6.45) is 0. The summed E-state index contributed by atoms with van der Waals surface area (Å²) in [5.74, 6) is -1.10. The molecule has 0 heterocycles. The maximum Gasteiger partial charge on any atom is 0.338 e. The van der Waals surface area contributed by atoms with Crippen LogP contribution in [-0.4, -0.2) is 33.3 Å². The van der Waals surface area contributed by atoms with Crippen molar-refractivity contribution in [2.24, 2.45) is 0 Å². The third-order valence-corrected chi connectivity index (χ3v) is 6.32.